The van der Waals surface area contributed by atoms with Gasteiger partial charge in [0.15, 0.2) is 0 Å². The molecule has 0 saturated carbocycles. The number of nitrogens with one attached hydrogen (secondary N) is 1. The van der Waals surface area contributed by atoms with Crippen molar-refractivity contribution in [2.24, 2.45) is 5.73 Å². The summed E-state index contributed by atoms with van der Waals surface area (Å²) in [6, 6.07) is 6.09. The van der Waals surface area contributed by atoms with Crippen LogP contribution >= 0.6 is 12.4 Å². The molecule has 0 spiro atoms. The Hall–Kier alpha value is -1.59. The van der Waals surface area contributed by atoms with Crippen LogP contribution in [-0.2, 0) is 0 Å². The molecular formula is C16H23ClN4O. The zero-order valence-corrected chi connectivity index (χ0v) is 13.8. The molecule has 0 aliphatic carbocycles. The zero-order valence-electron chi connectivity index (χ0n) is 13.0. The van der Waals surface area contributed by atoms with Gasteiger partial charge in [0, 0.05) is 12.0 Å². The fourth-order valence-electron chi connectivity index (χ4n) is 3.14. The number of nitrogens with two attached hydrogens (primary N) is 1. The molecule has 0 bridgehead atoms. The number of primary amides is 1. The van der Waals surface area contributed by atoms with Gasteiger partial charge in [-0.05, 0) is 51.9 Å². The van der Waals surface area contributed by atoms with Crippen LogP contribution in [0.2, 0.25) is 0 Å². The Morgan fingerprint density at radius 2 is 2.05 bits per heavy atom. The number of likely N-dealkylation sites (tertiary alicyclic amines) is 1. The Bertz CT molecular complexity index is 659. The number of benzene rings is 1. The highest BCUT2D eigenvalue weighted by Gasteiger charge is 2.24. The molecule has 5 nitrogen and oxygen atoms in total. The number of carbonyl (C=O) groups excluding carboxylic acids is 1. The molecule has 0 radical (unpaired) electrons. The largest absolute Gasteiger partial charge is 0.366 e. The van der Waals surface area contributed by atoms with Crippen LogP contribution in [0, 0.1) is 0 Å². The molecule has 1 aromatic carbocycles. The number of fused-ring (bicyclic) bond motifs is 1. The molecule has 6 heteroatoms. The molecule has 0 atom stereocenters. The highest BCUT2D eigenvalue weighted by Crippen LogP contribution is 2.29. The lowest BCUT2D eigenvalue weighted by molar-refractivity contribution is 0.100. The van der Waals surface area contributed by atoms with E-state index in [0.29, 0.717) is 17.5 Å². The second kappa shape index (κ2) is 6.67. The molecular weight excluding hydrogens is 300 g/mol. The van der Waals surface area contributed by atoms with Crippen LogP contribution < -0.4 is 5.73 Å². The van der Waals surface area contributed by atoms with Crippen LogP contribution in [0.25, 0.3) is 11.0 Å². The number of rotatable bonds is 3. The smallest absolute Gasteiger partial charge is 0.250 e. The minimum Gasteiger partial charge on any atom is -0.366 e. The Morgan fingerprint density at radius 3 is 2.64 bits per heavy atom. The van der Waals surface area contributed by atoms with Crippen molar-refractivity contribution in [1.29, 1.82) is 0 Å². The van der Waals surface area contributed by atoms with Crippen LogP contribution in [0.1, 0.15) is 48.8 Å². The van der Waals surface area contributed by atoms with Gasteiger partial charge in [0.2, 0.25) is 0 Å². The van der Waals surface area contributed by atoms with Gasteiger partial charge in [-0.25, -0.2) is 4.98 Å². The van der Waals surface area contributed by atoms with Crippen molar-refractivity contribution in [3.8, 4) is 0 Å². The summed E-state index contributed by atoms with van der Waals surface area (Å²) < 4.78 is 0. The first-order valence-corrected chi connectivity index (χ1v) is 7.58. The molecule has 1 aliphatic heterocycles. The number of piperidine rings is 1. The van der Waals surface area contributed by atoms with Crippen LogP contribution in [0.3, 0.4) is 0 Å². The van der Waals surface area contributed by atoms with Gasteiger partial charge in [-0.15, -0.1) is 12.4 Å². The molecule has 1 aliphatic rings. The second-order valence-corrected chi connectivity index (χ2v) is 6.09. The van der Waals surface area contributed by atoms with Crippen molar-refractivity contribution >= 4 is 29.3 Å². The summed E-state index contributed by atoms with van der Waals surface area (Å²) in [5.74, 6) is 1.01. The van der Waals surface area contributed by atoms with E-state index >= 15 is 0 Å². The molecule has 3 N–H and O–H groups in total. The Morgan fingerprint density at radius 1 is 1.36 bits per heavy atom. The van der Waals surface area contributed by atoms with Crippen LogP contribution in [0.4, 0.5) is 0 Å². The van der Waals surface area contributed by atoms with Gasteiger partial charge < -0.3 is 15.6 Å². The number of aromatic nitrogens is 2. The van der Waals surface area contributed by atoms with Gasteiger partial charge in [-0.3, -0.25) is 4.79 Å². The number of nitrogens with zero attached hydrogens (tertiary/aromatic N) is 2. The summed E-state index contributed by atoms with van der Waals surface area (Å²) in [4.78, 5) is 22.0. The van der Waals surface area contributed by atoms with E-state index in [0.717, 1.165) is 42.8 Å². The van der Waals surface area contributed by atoms with Crippen LogP contribution in [0.5, 0.6) is 0 Å². The maximum atomic E-state index is 11.5. The Labute approximate surface area is 136 Å². The number of amides is 1. The summed E-state index contributed by atoms with van der Waals surface area (Å²) in [7, 11) is 0. The number of hydrogen-bond acceptors (Lipinski definition) is 3. The predicted octanol–water partition coefficient (Wildman–Crippen LogP) is 2.67. The first kappa shape index (κ1) is 16.8. The quantitative estimate of drug-likeness (QED) is 0.912. The minimum absolute atomic E-state index is 0. The Kier molecular flexibility index (Phi) is 5.08. The standard InChI is InChI=1S/C16H22N4O.ClH/c1-10(2)20-8-6-11(7-9-20)16-18-13-5-3-4-12(15(17)21)14(13)19-16;/h3-5,10-11H,6-9H2,1-2H3,(H2,17,21)(H,18,19);1H. The summed E-state index contributed by atoms with van der Waals surface area (Å²) >= 11 is 0. The summed E-state index contributed by atoms with van der Waals surface area (Å²) in [5, 5.41) is 0. The van der Waals surface area contributed by atoms with E-state index in [1.165, 1.54) is 0 Å². The molecule has 120 valence electrons. The van der Waals surface area contributed by atoms with Crippen molar-refractivity contribution in [3.63, 3.8) is 0 Å². The fourth-order valence-corrected chi connectivity index (χ4v) is 3.14. The maximum absolute atomic E-state index is 11.5. The number of halogens is 1. The number of imidazole rings is 1. The van der Waals surface area contributed by atoms with Gasteiger partial charge in [-0.2, -0.15) is 0 Å². The number of H-pyrrole nitrogens is 1. The molecule has 2 aromatic rings. The molecule has 22 heavy (non-hydrogen) atoms. The monoisotopic (exact) mass is 322 g/mol. The van der Waals surface area contributed by atoms with Gasteiger partial charge >= 0.3 is 0 Å². The average Bonchev–Trinajstić information content (AvgIpc) is 2.90. The topological polar surface area (TPSA) is 75.0 Å². The third-order valence-corrected chi connectivity index (χ3v) is 4.45. The van der Waals surface area contributed by atoms with E-state index < -0.39 is 5.91 Å². The molecule has 1 fully saturated rings. The van der Waals surface area contributed by atoms with Gasteiger partial charge in [0.1, 0.15) is 5.82 Å². The highest BCUT2D eigenvalue weighted by atomic mass is 35.5. The first-order valence-electron chi connectivity index (χ1n) is 7.58. The predicted molar refractivity (Wildman–Crippen MR) is 90.5 cm³/mol. The maximum Gasteiger partial charge on any atom is 0.250 e. The van der Waals surface area contributed by atoms with Crippen molar-refractivity contribution in [1.82, 2.24) is 14.9 Å². The number of carbonyl (C=O) groups is 1. The summed E-state index contributed by atoms with van der Waals surface area (Å²) in [5.41, 5.74) is 7.54. The SMILES string of the molecule is CC(C)N1CCC(c2nc3cccc(C(N)=O)c3[nH]2)CC1.Cl. The lowest BCUT2D eigenvalue weighted by Gasteiger charge is -2.33. The minimum atomic E-state index is -0.412. The van der Waals surface area contributed by atoms with Gasteiger partial charge in [-0.1, -0.05) is 6.07 Å². The molecule has 1 saturated heterocycles. The molecule has 0 unspecified atom stereocenters. The number of para-hydroxylation sites is 1. The Balaban J connectivity index is 0.00000176. The van der Waals surface area contributed by atoms with Crippen molar-refractivity contribution in [2.75, 3.05) is 13.1 Å². The first-order chi connectivity index (χ1) is 10.1. The third-order valence-electron chi connectivity index (χ3n) is 4.45. The fraction of sp³-hybridized carbons (Fsp3) is 0.500. The number of aromatic amines is 1. The van der Waals surface area contributed by atoms with E-state index in [2.05, 4.69) is 28.7 Å². The molecule has 1 aromatic heterocycles. The lowest BCUT2D eigenvalue weighted by atomic mass is 9.95. The zero-order chi connectivity index (χ0) is 15.0. The molecule has 1 amide bonds. The summed E-state index contributed by atoms with van der Waals surface area (Å²) in [6.07, 6.45) is 2.20. The van der Waals surface area contributed by atoms with Crippen molar-refractivity contribution in [2.45, 2.75) is 38.6 Å². The normalized spacial score (nSPS) is 16.9. The van der Waals surface area contributed by atoms with Crippen LogP contribution in [-0.4, -0.2) is 39.9 Å². The van der Waals surface area contributed by atoms with Gasteiger partial charge in [0.05, 0.1) is 16.6 Å². The van der Waals surface area contributed by atoms with E-state index in [4.69, 9.17) is 5.73 Å². The van der Waals surface area contributed by atoms with Crippen molar-refractivity contribution < 1.29 is 4.79 Å². The lowest BCUT2D eigenvalue weighted by Crippen LogP contribution is -2.38. The van der Waals surface area contributed by atoms with E-state index in [-0.39, 0.29) is 12.4 Å². The summed E-state index contributed by atoms with van der Waals surface area (Å²) in [6.45, 7) is 6.67. The highest BCUT2D eigenvalue weighted by molar-refractivity contribution is 6.04. The number of hydrogen-bond donors (Lipinski definition) is 2. The molecule has 2 heterocycles. The van der Waals surface area contributed by atoms with Crippen LogP contribution in [0.15, 0.2) is 18.2 Å². The van der Waals surface area contributed by atoms with E-state index in [9.17, 15) is 4.79 Å². The van der Waals surface area contributed by atoms with E-state index in [1.54, 1.807) is 6.07 Å². The average molecular weight is 323 g/mol. The third kappa shape index (κ3) is 3.10. The van der Waals surface area contributed by atoms with Crippen molar-refractivity contribution in [3.05, 3.63) is 29.6 Å². The van der Waals surface area contributed by atoms with Gasteiger partial charge in [0.25, 0.3) is 5.91 Å². The molecule has 3 rings (SSSR count). The second-order valence-electron chi connectivity index (χ2n) is 6.09. The van der Waals surface area contributed by atoms with E-state index in [1.807, 2.05) is 12.1 Å².